The van der Waals surface area contributed by atoms with E-state index in [2.05, 4.69) is 16.8 Å². The van der Waals surface area contributed by atoms with Gasteiger partial charge in [-0.15, -0.1) is 0 Å². The molecule has 1 aromatic rings. The van der Waals surface area contributed by atoms with Crippen LogP contribution in [0.5, 0.6) is 0 Å². The van der Waals surface area contributed by atoms with E-state index >= 15 is 0 Å². The number of para-hydroxylation sites is 1. The zero-order chi connectivity index (χ0) is 10.7. The van der Waals surface area contributed by atoms with E-state index in [4.69, 9.17) is 0 Å². The first-order valence-electron chi connectivity index (χ1n) is 5.45. The Kier molecular flexibility index (Phi) is 3.21. The second-order valence-electron chi connectivity index (χ2n) is 4.10. The van der Waals surface area contributed by atoms with E-state index in [1.165, 1.54) is 6.07 Å². The molecule has 1 heterocycles. The maximum absolute atomic E-state index is 13.5. The van der Waals surface area contributed by atoms with Crippen molar-refractivity contribution in [2.24, 2.45) is 0 Å². The number of anilines is 1. The summed E-state index contributed by atoms with van der Waals surface area (Å²) in [5, 5.41) is 0. The first kappa shape index (κ1) is 10.4. The topological polar surface area (TPSA) is 6.48 Å². The lowest BCUT2D eigenvalue weighted by Crippen LogP contribution is -2.29. The van der Waals surface area contributed by atoms with E-state index in [0.29, 0.717) is 0 Å². The van der Waals surface area contributed by atoms with E-state index < -0.39 is 0 Å². The Bertz CT molecular complexity index is 327. The molecule has 1 aromatic carbocycles. The summed E-state index contributed by atoms with van der Waals surface area (Å²) in [6, 6.07) is 7.03. The minimum atomic E-state index is -0.109. The van der Waals surface area contributed by atoms with Crippen molar-refractivity contribution in [3.63, 3.8) is 0 Å². The maximum Gasteiger partial charge on any atom is 0.146 e. The summed E-state index contributed by atoms with van der Waals surface area (Å²) in [6.45, 7) is 3.97. The molecule has 0 saturated carbocycles. The van der Waals surface area contributed by atoms with Gasteiger partial charge in [-0.2, -0.15) is 0 Å². The van der Waals surface area contributed by atoms with E-state index in [1.54, 1.807) is 6.07 Å². The van der Waals surface area contributed by atoms with Crippen LogP contribution in [0.2, 0.25) is 0 Å². The third kappa shape index (κ3) is 2.48. The smallest absolute Gasteiger partial charge is 0.146 e. The highest BCUT2D eigenvalue weighted by atomic mass is 19.1. The minimum absolute atomic E-state index is 0.109. The monoisotopic (exact) mass is 208 g/mol. The fraction of sp³-hybridized carbons (Fsp3) is 0.500. The molecule has 2 rings (SSSR count). The third-order valence-electron chi connectivity index (χ3n) is 2.91. The molecule has 1 saturated heterocycles. The van der Waals surface area contributed by atoms with Crippen molar-refractivity contribution in [1.82, 2.24) is 4.90 Å². The average Bonchev–Trinajstić information content (AvgIpc) is 2.44. The number of rotatable bonds is 1. The largest absolute Gasteiger partial charge is 0.368 e. The highest BCUT2D eigenvalue weighted by Crippen LogP contribution is 2.19. The number of halogens is 1. The summed E-state index contributed by atoms with van der Waals surface area (Å²) in [4.78, 5) is 4.43. The second-order valence-corrected chi connectivity index (χ2v) is 4.10. The predicted octanol–water partition coefficient (Wildman–Crippen LogP) is 1.97. The van der Waals surface area contributed by atoms with Crippen molar-refractivity contribution < 1.29 is 4.39 Å². The van der Waals surface area contributed by atoms with Gasteiger partial charge in [-0.3, -0.25) is 0 Å². The first-order valence-corrected chi connectivity index (χ1v) is 5.45. The van der Waals surface area contributed by atoms with Crippen LogP contribution >= 0.6 is 0 Å². The lowest BCUT2D eigenvalue weighted by Gasteiger charge is -2.23. The van der Waals surface area contributed by atoms with E-state index in [0.717, 1.165) is 38.3 Å². The van der Waals surface area contributed by atoms with Crippen molar-refractivity contribution in [2.45, 2.75) is 6.42 Å². The zero-order valence-electron chi connectivity index (χ0n) is 9.12. The number of hydrogen-bond donors (Lipinski definition) is 0. The normalized spacial score (nSPS) is 18.9. The molecule has 1 fully saturated rings. The molecular weight excluding hydrogens is 191 g/mol. The molecular formula is C12H17FN2. The van der Waals surface area contributed by atoms with Crippen LogP contribution in [0.15, 0.2) is 24.3 Å². The summed E-state index contributed by atoms with van der Waals surface area (Å²) in [6.07, 6.45) is 1.10. The van der Waals surface area contributed by atoms with E-state index in [9.17, 15) is 4.39 Å². The Balaban J connectivity index is 2.13. The fourth-order valence-electron chi connectivity index (χ4n) is 2.00. The highest BCUT2D eigenvalue weighted by Gasteiger charge is 2.14. The van der Waals surface area contributed by atoms with Gasteiger partial charge in [0.25, 0.3) is 0 Å². The Morgan fingerprint density at radius 2 is 1.87 bits per heavy atom. The van der Waals surface area contributed by atoms with Crippen molar-refractivity contribution in [1.29, 1.82) is 0 Å². The summed E-state index contributed by atoms with van der Waals surface area (Å²) in [5.41, 5.74) is 0.743. The molecule has 15 heavy (non-hydrogen) atoms. The molecule has 0 amide bonds. The van der Waals surface area contributed by atoms with Gasteiger partial charge in [-0.1, -0.05) is 12.1 Å². The molecule has 0 atom stereocenters. The van der Waals surface area contributed by atoms with Crippen molar-refractivity contribution in [3.05, 3.63) is 30.1 Å². The van der Waals surface area contributed by atoms with Crippen LogP contribution in [0.4, 0.5) is 10.1 Å². The average molecular weight is 208 g/mol. The van der Waals surface area contributed by atoms with Gasteiger partial charge in [0.15, 0.2) is 0 Å². The SMILES string of the molecule is CN1CCCN(c2ccccc2F)CC1. The standard InChI is InChI=1S/C12H17FN2/c1-14-7-4-8-15(10-9-14)12-6-3-2-5-11(12)13/h2-3,5-6H,4,7-10H2,1H3. The molecule has 0 N–H and O–H groups in total. The maximum atomic E-state index is 13.5. The summed E-state index contributed by atoms with van der Waals surface area (Å²) >= 11 is 0. The van der Waals surface area contributed by atoms with Crippen molar-refractivity contribution in [2.75, 3.05) is 38.1 Å². The van der Waals surface area contributed by atoms with Gasteiger partial charge in [-0.25, -0.2) is 4.39 Å². The van der Waals surface area contributed by atoms with Crippen LogP contribution in [0.3, 0.4) is 0 Å². The molecule has 1 aliphatic rings. The highest BCUT2D eigenvalue weighted by molar-refractivity contribution is 5.47. The molecule has 82 valence electrons. The van der Waals surface area contributed by atoms with Gasteiger partial charge in [0.2, 0.25) is 0 Å². The molecule has 0 aromatic heterocycles. The lowest BCUT2D eigenvalue weighted by molar-refractivity contribution is 0.360. The number of hydrogen-bond acceptors (Lipinski definition) is 2. The van der Waals surface area contributed by atoms with Crippen LogP contribution < -0.4 is 4.90 Å². The number of nitrogens with zero attached hydrogens (tertiary/aromatic N) is 2. The van der Waals surface area contributed by atoms with Crippen molar-refractivity contribution in [3.8, 4) is 0 Å². The van der Waals surface area contributed by atoms with Crippen LogP contribution in [0.25, 0.3) is 0 Å². The number of likely N-dealkylation sites (N-methyl/N-ethyl adjacent to an activating group) is 1. The third-order valence-corrected chi connectivity index (χ3v) is 2.91. The molecule has 1 aliphatic heterocycles. The van der Waals surface area contributed by atoms with Gasteiger partial charge in [-0.05, 0) is 32.1 Å². The zero-order valence-corrected chi connectivity index (χ0v) is 9.12. The molecule has 2 nitrogen and oxygen atoms in total. The lowest BCUT2D eigenvalue weighted by atomic mass is 10.2. The Hall–Kier alpha value is -1.09. The Morgan fingerprint density at radius 3 is 2.67 bits per heavy atom. The van der Waals surface area contributed by atoms with E-state index in [1.807, 2.05) is 12.1 Å². The Morgan fingerprint density at radius 1 is 1.07 bits per heavy atom. The molecule has 0 bridgehead atoms. The second kappa shape index (κ2) is 4.62. The van der Waals surface area contributed by atoms with Crippen LogP contribution in [0, 0.1) is 5.82 Å². The van der Waals surface area contributed by atoms with Gasteiger partial charge in [0, 0.05) is 19.6 Å². The van der Waals surface area contributed by atoms with Gasteiger partial charge >= 0.3 is 0 Å². The van der Waals surface area contributed by atoms with E-state index in [-0.39, 0.29) is 5.82 Å². The molecule has 0 aliphatic carbocycles. The minimum Gasteiger partial charge on any atom is -0.368 e. The number of benzene rings is 1. The van der Waals surface area contributed by atoms with Gasteiger partial charge in [0.05, 0.1) is 5.69 Å². The fourth-order valence-corrected chi connectivity index (χ4v) is 2.00. The van der Waals surface area contributed by atoms with Gasteiger partial charge < -0.3 is 9.80 Å². The molecule has 0 unspecified atom stereocenters. The first-order chi connectivity index (χ1) is 7.27. The quantitative estimate of drug-likeness (QED) is 0.696. The predicted molar refractivity (Wildman–Crippen MR) is 60.7 cm³/mol. The van der Waals surface area contributed by atoms with Gasteiger partial charge in [0.1, 0.15) is 5.82 Å². The summed E-state index contributed by atoms with van der Waals surface area (Å²) < 4.78 is 13.5. The van der Waals surface area contributed by atoms with Crippen molar-refractivity contribution >= 4 is 5.69 Å². The molecule has 0 spiro atoms. The molecule has 3 heteroatoms. The van der Waals surface area contributed by atoms with Crippen LogP contribution in [-0.4, -0.2) is 38.1 Å². The summed E-state index contributed by atoms with van der Waals surface area (Å²) in [7, 11) is 2.12. The molecule has 0 radical (unpaired) electrons. The Labute approximate surface area is 90.3 Å². The van der Waals surface area contributed by atoms with Crippen LogP contribution in [0.1, 0.15) is 6.42 Å². The van der Waals surface area contributed by atoms with Crippen LogP contribution in [-0.2, 0) is 0 Å². The summed E-state index contributed by atoms with van der Waals surface area (Å²) in [5.74, 6) is -0.109.